The number of carbonyl (C=O) groups is 2. The highest BCUT2D eigenvalue weighted by Crippen LogP contribution is 2.43. The molecule has 2 amide bonds. The first kappa shape index (κ1) is 19.4. The molecule has 3 aliphatic rings. The van der Waals surface area contributed by atoms with Gasteiger partial charge in [0.25, 0.3) is 0 Å². The number of aromatic nitrogens is 2. The number of hydrogen-bond donors (Lipinski definition) is 1. The van der Waals surface area contributed by atoms with Gasteiger partial charge in [0, 0.05) is 50.2 Å². The third kappa shape index (κ3) is 3.84. The maximum atomic E-state index is 12.6. The van der Waals surface area contributed by atoms with Crippen molar-refractivity contribution in [2.45, 2.75) is 39.2 Å². The van der Waals surface area contributed by atoms with Gasteiger partial charge in [-0.25, -0.2) is 4.98 Å². The first-order valence-corrected chi connectivity index (χ1v) is 10.0. The zero-order valence-electron chi connectivity index (χ0n) is 15.8. The van der Waals surface area contributed by atoms with Crippen molar-refractivity contribution in [1.82, 2.24) is 14.5 Å². The highest BCUT2D eigenvalue weighted by atomic mass is 16.2. The van der Waals surface area contributed by atoms with E-state index < -0.39 is 0 Å². The molecule has 0 aromatic carbocycles. The molecule has 0 radical (unpaired) electrons. The third-order valence-corrected chi connectivity index (χ3v) is 6.37. The molecule has 0 spiro atoms. The van der Waals surface area contributed by atoms with Crippen LogP contribution in [-0.4, -0.2) is 39.4 Å². The number of rotatable bonds is 3. The van der Waals surface area contributed by atoms with Crippen molar-refractivity contribution < 1.29 is 9.59 Å². The molecule has 2 unspecified atom stereocenters. The summed E-state index contributed by atoms with van der Waals surface area (Å²) in [5.74, 6) is 1.96. The molecule has 6 nitrogen and oxygen atoms in total. The van der Waals surface area contributed by atoms with E-state index in [-0.39, 0.29) is 19.2 Å². The molecule has 1 saturated carbocycles. The van der Waals surface area contributed by atoms with E-state index in [1.807, 2.05) is 17.0 Å². The van der Waals surface area contributed by atoms with E-state index in [0.29, 0.717) is 36.5 Å². The van der Waals surface area contributed by atoms with Crippen molar-refractivity contribution in [3.8, 4) is 0 Å². The summed E-state index contributed by atoms with van der Waals surface area (Å²) in [5.41, 5.74) is 1.93. The van der Waals surface area contributed by atoms with E-state index in [2.05, 4.69) is 39.4 Å². The second-order valence-electron chi connectivity index (χ2n) is 8.18. The third-order valence-electron chi connectivity index (χ3n) is 6.37. The van der Waals surface area contributed by atoms with Crippen LogP contribution < -0.4 is 5.32 Å². The molecular formula is C23H28N4O2. The average molecular weight is 393 g/mol. The minimum atomic E-state index is 0. The van der Waals surface area contributed by atoms with Crippen LogP contribution in [0.5, 0.6) is 0 Å². The van der Waals surface area contributed by atoms with Gasteiger partial charge in [0.2, 0.25) is 11.8 Å². The quantitative estimate of drug-likeness (QED) is 0.813. The van der Waals surface area contributed by atoms with Gasteiger partial charge in [0.05, 0.1) is 0 Å². The summed E-state index contributed by atoms with van der Waals surface area (Å²) in [5, 5.41) is 2.78. The number of amides is 2. The second kappa shape index (κ2) is 7.85. The molecule has 152 valence electrons. The van der Waals surface area contributed by atoms with E-state index in [1.165, 1.54) is 0 Å². The fourth-order valence-electron chi connectivity index (χ4n) is 4.92. The molecule has 2 atom stereocenters. The van der Waals surface area contributed by atoms with E-state index in [0.717, 1.165) is 37.1 Å². The van der Waals surface area contributed by atoms with Gasteiger partial charge in [-0.1, -0.05) is 7.43 Å². The van der Waals surface area contributed by atoms with Gasteiger partial charge >= 0.3 is 0 Å². The Morgan fingerprint density at radius 1 is 1.14 bits per heavy atom. The van der Waals surface area contributed by atoms with Crippen molar-refractivity contribution in [1.29, 1.82) is 0 Å². The minimum Gasteiger partial charge on any atom is -0.351 e. The molecule has 5 rings (SSSR count). The van der Waals surface area contributed by atoms with Crippen molar-refractivity contribution >= 4 is 23.7 Å². The number of likely N-dealkylation sites (tertiary alicyclic amines) is 1. The van der Waals surface area contributed by atoms with Gasteiger partial charge in [-0.05, 0) is 66.5 Å². The Bertz CT molecular complexity index is 920. The van der Waals surface area contributed by atoms with E-state index >= 15 is 0 Å². The van der Waals surface area contributed by atoms with Crippen molar-refractivity contribution in [2.24, 2.45) is 11.8 Å². The topological polar surface area (TPSA) is 67.2 Å². The molecule has 29 heavy (non-hydrogen) atoms. The molecule has 1 saturated heterocycles. The molecular weight excluding hydrogens is 364 g/mol. The zero-order valence-corrected chi connectivity index (χ0v) is 15.8. The maximum Gasteiger partial charge on any atom is 0.246 e. The lowest BCUT2D eigenvalue weighted by Gasteiger charge is -2.19. The Balaban J connectivity index is 0.00000205. The zero-order chi connectivity index (χ0) is 19.1. The van der Waals surface area contributed by atoms with Crippen LogP contribution in [0.15, 0.2) is 42.9 Å². The van der Waals surface area contributed by atoms with Crippen molar-refractivity contribution in [3.05, 3.63) is 54.0 Å². The number of fused-ring (bicyclic) bond motifs is 2. The molecule has 1 N–H and O–H groups in total. The van der Waals surface area contributed by atoms with Gasteiger partial charge in [0.15, 0.2) is 0 Å². The second-order valence-corrected chi connectivity index (χ2v) is 8.18. The fourth-order valence-corrected chi connectivity index (χ4v) is 4.92. The van der Waals surface area contributed by atoms with Crippen LogP contribution in [0.2, 0.25) is 0 Å². The predicted molar refractivity (Wildman–Crippen MR) is 113 cm³/mol. The van der Waals surface area contributed by atoms with Crippen LogP contribution in [-0.2, 0) is 16.0 Å². The SMILES string of the molecule is C.O=C1CCc2cc(/C=C/C(=O)N3CC4CC(n5cccc5)CC4C3)cnc2N1. The first-order chi connectivity index (χ1) is 13.7. The molecule has 2 fully saturated rings. The summed E-state index contributed by atoms with van der Waals surface area (Å²) >= 11 is 0. The Labute approximate surface area is 171 Å². The number of nitrogens with zero attached hydrogens (tertiary/aromatic N) is 3. The summed E-state index contributed by atoms with van der Waals surface area (Å²) in [6, 6.07) is 6.75. The summed E-state index contributed by atoms with van der Waals surface area (Å²) in [4.78, 5) is 30.4. The van der Waals surface area contributed by atoms with E-state index in [9.17, 15) is 9.59 Å². The smallest absolute Gasteiger partial charge is 0.246 e. The van der Waals surface area contributed by atoms with Crippen LogP contribution >= 0.6 is 0 Å². The number of pyridine rings is 1. The number of nitrogens with one attached hydrogen (secondary N) is 1. The molecule has 2 aromatic rings. The summed E-state index contributed by atoms with van der Waals surface area (Å²) < 4.78 is 2.32. The van der Waals surface area contributed by atoms with Crippen molar-refractivity contribution in [2.75, 3.05) is 18.4 Å². The number of aryl methyl sites for hydroxylation is 1. The van der Waals surface area contributed by atoms with Gasteiger partial charge in [-0.2, -0.15) is 0 Å². The standard InChI is InChI=1S/C22H24N4O2.CH4/c27-20-5-4-16-9-15(12-23-22(16)24-20)3-6-21(28)26-13-17-10-19(11-18(17)14-26)25-7-1-2-8-25;/h1-3,6-9,12,17-19H,4-5,10-11,13-14H2,(H,23,24,27);1H4/b6-3+;. The highest BCUT2D eigenvalue weighted by Gasteiger charge is 2.42. The van der Waals surface area contributed by atoms with Crippen LogP contribution in [0.25, 0.3) is 6.08 Å². The predicted octanol–water partition coefficient (Wildman–Crippen LogP) is 3.53. The lowest BCUT2D eigenvalue weighted by molar-refractivity contribution is -0.125. The molecule has 0 bridgehead atoms. The number of hydrogen-bond acceptors (Lipinski definition) is 3. The normalized spacial score (nSPS) is 25.4. The number of anilines is 1. The largest absolute Gasteiger partial charge is 0.351 e. The summed E-state index contributed by atoms with van der Waals surface area (Å²) in [7, 11) is 0. The number of carbonyl (C=O) groups excluding carboxylic acids is 2. The lowest BCUT2D eigenvalue weighted by atomic mass is 10.0. The Morgan fingerprint density at radius 3 is 2.59 bits per heavy atom. The molecule has 6 heteroatoms. The van der Waals surface area contributed by atoms with Crippen LogP contribution in [0.4, 0.5) is 5.82 Å². The van der Waals surface area contributed by atoms with Gasteiger partial charge in [-0.15, -0.1) is 0 Å². The average Bonchev–Trinajstić information content (AvgIpc) is 3.41. The highest BCUT2D eigenvalue weighted by molar-refractivity contribution is 5.94. The fraction of sp³-hybridized carbons (Fsp3) is 0.435. The van der Waals surface area contributed by atoms with Crippen molar-refractivity contribution in [3.63, 3.8) is 0 Å². The maximum absolute atomic E-state index is 12.6. The first-order valence-electron chi connectivity index (χ1n) is 10.0. The van der Waals surface area contributed by atoms with Gasteiger partial charge in [-0.3, -0.25) is 9.59 Å². The van der Waals surface area contributed by atoms with Crippen LogP contribution in [0.3, 0.4) is 0 Å². The Kier molecular flexibility index (Phi) is 5.26. The van der Waals surface area contributed by atoms with Gasteiger partial charge < -0.3 is 14.8 Å². The Morgan fingerprint density at radius 2 is 1.86 bits per heavy atom. The lowest BCUT2D eigenvalue weighted by Crippen LogP contribution is -2.28. The van der Waals surface area contributed by atoms with E-state index in [1.54, 1.807) is 12.3 Å². The molecule has 2 aliphatic heterocycles. The van der Waals surface area contributed by atoms with Gasteiger partial charge in [0.1, 0.15) is 5.82 Å². The van der Waals surface area contributed by atoms with Crippen LogP contribution in [0.1, 0.15) is 43.9 Å². The van der Waals surface area contributed by atoms with E-state index in [4.69, 9.17) is 0 Å². The summed E-state index contributed by atoms with van der Waals surface area (Å²) in [6.07, 6.45) is 13.0. The summed E-state index contributed by atoms with van der Waals surface area (Å²) in [6.45, 7) is 1.72. The Hall–Kier alpha value is -2.89. The molecule has 2 aromatic heterocycles. The monoisotopic (exact) mass is 392 g/mol. The molecule has 4 heterocycles. The van der Waals surface area contributed by atoms with Crippen LogP contribution in [0, 0.1) is 11.8 Å². The molecule has 1 aliphatic carbocycles. The minimum absolute atomic E-state index is 0.